The molecule has 0 aromatic rings. The fourth-order valence-electron chi connectivity index (χ4n) is 3.36. The summed E-state index contributed by atoms with van der Waals surface area (Å²) in [6.45, 7) is 8.19. The monoisotopic (exact) mass is 325 g/mol. The van der Waals surface area contributed by atoms with E-state index in [4.69, 9.17) is 4.74 Å². The Bertz CT molecular complexity index is 439. The summed E-state index contributed by atoms with van der Waals surface area (Å²) in [5, 5.41) is 0. The smallest absolute Gasteiger partial charge is 0.410 e. The topological polar surface area (TPSA) is 53.1 Å². The fourth-order valence-corrected chi connectivity index (χ4v) is 3.36. The Kier molecular flexibility index (Phi) is 5.55. The summed E-state index contributed by atoms with van der Waals surface area (Å²) in [7, 11) is 3.99. The lowest BCUT2D eigenvalue weighted by Crippen LogP contribution is -2.52. The maximum Gasteiger partial charge on any atom is 0.410 e. The molecule has 2 fully saturated rings. The molecule has 0 aromatic carbocycles. The van der Waals surface area contributed by atoms with Gasteiger partial charge in [-0.3, -0.25) is 9.69 Å². The Morgan fingerprint density at radius 1 is 1.09 bits per heavy atom. The van der Waals surface area contributed by atoms with Crippen molar-refractivity contribution in [1.29, 1.82) is 0 Å². The Morgan fingerprint density at radius 3 is 2.26 bits per heavy atom. The van der Waals surface area contributed by atoms with E-state index in [0.29, 0.717) is 6.54 Å². The van der Waals surface area contributed by atoms with E-state index in [9.17, 15) is 9.59 Å². The maximum atomic E-state index is 12.9. The number of hydrogen-bond donors (Lipinski definition) is 0. The molecule has 0 bridgehead atoms. The van der Waals surface area contributed by atoms with Gasteiger partial charge in [-0.15, -0.1) is 0 Å². The SMILES string of the molecule is CN1CCC(N(C)C(=O)[C@H]2CCCN2C(=O)OC(C)(C)C)CC1. The van der Waals surface area contributed by atoms with E-state index in [-0.39, 0.29) is 24.1 Å². The molecular weight excluding hydrogens is 294 g/mol. The van der Waals surface area contributed by atoms with Crippen LogP contribution in [0.25, 0.3) is 0 Å². The van der Waals surface area contributed by atoms with E-state index >= 15 is 0 Å². The van der Waals surface area contributed by atoms with Gasteiger partial charge in [-0.2, -0.15) is 0 Å². The van der Waals surface area contributed by atoms with Gasteiger partial charge in [-0.1, -0.05) is 0 Å². The molecule has 23 heavy (non-hydrogen) atoms. The lowest BCUT2D eigenvalue weighted by Gasteiger charge is -2.37. The molecule has 0 saturated carbocycles. The molecule has 0 N–H and O–H groups in total. The van der Waals surface area contributed by atoms with Crippen molar-refractivity contribution < 1.29 is 14.3 Å². The van der Waals surface area contributed by atoms with E-state index in [1.54, 1.807) is 4.90 Å². The zero-order chi connectivity index (χ0) is 17.2. The molecule has 2 saturated heterocycles. The molecule has 6 nitrogen and oxygen atoms in total. The van der Waals surface area contributed by atoms with Crippen LogP contribution >= 0.6 is 0 Å². The minimum atomic E-state index is -0.535. The highest BCUT2D eigenvalue weighted by Gasteiger charge is 2.39. The van der Waals surface area contributed by atoms with Crippen LogP contribution in [0.5, 0.6) is 0 Å². The molecule has 6 heteroatoms. The lowest BCUT2D eigenvalue weighted by molar-refractivity contribution is -0.137. The highest BCUT2D eigenvalue weighted by atomic mass is 16.6. The van der Waals surface area contributed by atoms with Gasteiger partial charge in [0.1, 0.15) is 11.6 Å². The fraction of sp³-hybridized carbons (Fsp3) is 0.882. The minimum absolute atomic E-state index is 0.0583. The van der Waals surface area contributed by atoms with Crippen LogP contribution in [0.1, 0.15) is 46.5 Å². The highest BCUT2D eigenvalue weighted by Crippen LogP contribution is 2.24. The number of hydrogen-bond acceptors (Lipinski definition) is 4. The zero-order valence-corrected chi connectivity index (χ0v) is 15.2. The van der Waals surface area contributed by atoms with Gasteiger partial charge in [0.25, 0.3) is 0 Å². The second-order valence-electron chi connectivity index (χ2n) is 7.82. The van der Waals surface area contributed by atoms with Crippen LogP contribution in [-0.4, -0.2) is 78.1 Å². The molecular formula is C17H31N3O3. The number of likely N-dealkylation sites (tertiary alicyclic amines) is 2. The van der Waals surface area contributed by atoms with Crippen LogP contribution in [0, 0.1) is 0 Å². The molecule has 0 unspecified atom stereocenters. The molecule has 2 rings (SSSR count). The van der Waals surface area contributed by atoms with Crippen molar-refractivity contribution in [3.63, 3.8) is 0 Å². The average molecular weight is 325 g/mol. The summed E-state index contributed by atoms with van der Waals surface area (Å²) in [5.41, 5.74) is -0.535. The van der Waals surface area contributed by atoms with Gasteiger partial charge < -0.3 is 14.5 Å². The molecule has 0 aliphatic carbocycles. The normalized spacial score (nSPS) is 23.9. The summed E-state index contributed by atoms with van der Waals surface area (Å²) in [5.74, 6) is 0.0583. The van der Waals surface area contributed by atoms with Crippen LogP contribution in [0.4, 0.5) is 4.79 Å². The van der Waals surface area contributed by atoms with Crippen molar-refractivity contribution in [3.05, 3.63) is 0 Å². The first-order chi connectivity index (χ1) is 10.7. The van der Waals surface area contributed by atoms with Crippen LogP contribution in [0.2, 0.25) is 0 Å². The van der Waals surface area contributed by atoms with Crippen LogP contribution in [0.3, 0.4) is 0 Å². The second-order valence-corrected chi connectivity index (χ2v) is 7.82. The predicted octanol–water partition coefficient (Wildman–Crippen LogP) is 1.94. The van der Waals surface area contributed by atoms with Gasteiger partial charge in [0.2, 0.25) is 5.91 Å². The van der Waals surface area contributed by atoms with Gasteiger partial charge in [-0.05, 0) is 66.6 Å². The first-order valence-electron chi connectivity index (χ1n) is 8.64. The van der Waals surface area contributed by atoms with Gasteiger partial charge in [-0.25, -0.2) is 4.79 Å². The Labute approximate surface area is 139 Å². The predicted molar refractivity (Wildman–Crippen MR) is 89.3 cm³/mol. The van der Waals surface area contributed by atoms with Crippen LogP contribution < -0.4 is 0 Å². The van der Waals surface area contributed by atoms with Crippen LogP contribution in [-0.2, 0) is 9.53 Å². The summed E-state index contributed by atoms with van der Waals surface area (Å²) < 4.78 is 5.45. The van der Waals surface area contributed by atoms with E-state index in [1.165, 1.54) is 0 Å². The molecule has 2 amide bonds. The molecule has 132 valence electrons. The third kappa shape index (κ3) is 4.59. The van der Waals surface area contributed by atoms with E-state index in [2.05, 4.69) is 11.9 Å². The van der Waals surface area contributed by atoms with Gasteiger partial charge in [0.05, 0.1) is 0 Å². The number of carbonyl (C=O) groups excluding carboxylic acids is 2. The largest absolute Gasteiger partial charge is 0.444 e. The Morgan fingerprint density at radius 2 is 1.70 bits per heavy atom. The Balaban J connectivity index is 1.98. The zero-order valence-electron chi connectivity index (χ0n) is 15.2. The van der Waals surface area contributed by atoms with Gasteiger partial charge in [0, 0.05) is 19.6 Å². The quantitative estimate of drug-likeness (QED) is 0.778. The summed E-state index contributed by atoms with van der Waals surface area (Å²) in [6, 6.07) is -0.0886. The van der Waals surface area contributed by atoms with Gasteiger partial charge in [0.15, 0.2) is 0 Å². The van der Waals surface area contributed by atoms with Crippen molar-refractivity contribution in [2.45, 2.75) is 64.1 Å². The molecule has 0 aromatic heterocycles. The number of amides is 2. The van der Waals surface area contributed by atoms with Crippen molar-refractivity contribution in [2.24, 2.45) is 0 Å². The number of rotatable bonds is 2. The third-order valence-electron chi connectivity index (χ3n) is 4.75. The second kappa shape index (κ2) is 7.07. The van der Waals surface area contributed by atoms with Crippen molar-refractivity contribution >= 4 is 12.0 Å². The molecule has 2 heterocycles. The standard InChI is InChI=1S/C17H31N3O3/c1-17(2,3)23-16(22)20-10-6-7-14(20)15(21)19(5)13-8-11-18(4)12-9-13/h13-14H,6-12H2,1-5H3/t14-/m1/s1. The van der Waals surface area contributed by atoms with Gasteiger partial charge >= 0.3 is 6.09 Å². The molecule has 0 radical (unpaired) electrons. The molecule has 2 aliphatic rings. The number of nitrogens with zero attached hydrogens (tertiary/aromatic N) is 3. The molecule has 0 spiro atoms. The third-order valence-corrected chi connectivity index (χ3v) is 4.75. The van der Waals surface area contributed by atoms with E-state index in [1.807, 2.05) is 32.7 Å². The minimum Gasteiger partial charge on any atom is -0.444 e. The lowest BCUT2D eigenvalue weighted by atomic mass is 10.0. The van der Waals surface area contributed by atoms with Crippen molar-refractivity contribution in [1.82, 2.24) is 14.7 Å². The van der Waals surface area contributed by atoms with Crippen molar-refractivity contribution in [2.75, 3.05) is 33.7 Å². The summed E-state index contributed by atoms with van der Waals surface area (Å²) >= 11 is 0. The number of ether oxygens (including phenoxy) is 1. The van der Waals surface area contributed by atoms with Crippen LogP contribution in [0.15, 0.2) is 0 Å². The summed E-state index contributed by atoms with van der Waals surface area (Å²) in [6.07, 6.45) is 3.21. The first-order valence-corrected chi connectivity index (χ1v) is 8.64. The maximum absolute atomic E-state index is 12.9. The number of carbonyl (C=O) groups is 2. The first kappa shape index (κ1) is 18.0. The Hall–Kier alpha value is -1.30. The average Bonchev–Trinajstić information content (AvgIpc) is 2.94. The highest BCUT2D eigenvalue weighted by molar-refractivity contribution is 5.86. The number of piperidine rings is 1. The molecule has 1 atom stereocenters. The van der Waals surface area contributed by atoms with E-state index in [0.717, 1.165) is 38.8 Å². The summed E-state index contributed by atoms with van der Waals surface area (Å²) in [4.78, 5) is 31.0. The van der Waals surface area contributed by atoms with E-state index < -0.39 is 5.60 Å². The molecule has 2 aliphatic heterocycles. The van der Waals surface area contributed by atoms with Crippen molar-refractivity contribution in [3.8, 4) is 0 Å². The number of likely N-dealkylation sites (N-methyl/N-ethyl adjacent to an activating group) is 1.